The average Bonchev–Trinajstić information content (AvgIpc) is 2.38. The molecule has 0 spiro atoms. The first kappa shape index (κ1) is 15.0. The number of benzene rings is 1. The summed E-state index contributed by atoms with van der Waals surface area (Å²) in [7, 11) is 0. The summed E-state index contributed by atoms with van der Waals surface area (Å²) in [6, 6.07) is 5.44. The number of likely N-dealkylation sites (tertiary alicyclic amines) is 1. The minimum atomic E-state index is -1.62. The van der Waals surface area contributed by atoms with Gasteiger partial charge in [-0.3, -0.25) is 9.59 Å². The highest BCUT2D eigenvalue weighted by molar-refractivity contribution is 9.10. The van der Waals surface area contributed by atoms with Gasteiger partial charge in [0.25, 0.3) is 11.8 Å². The van der Waals surface area contributed by atoms with E-state index in [2.05, 4.69) is 15.9 Å². The summed E-state index contributed by atoms with van der Waals surface area (Å²) in [6.45, 7) is 2.39. The van der Waals surface area contributed by atoms with Crippen LogP contribution in [-0.4, -0.2) is 40.5 Å². The lowest BCUT2D eigenvalue weighted by Crippen LogP contribution is -2.57. The normalized spacial score (nSPS) is 22.6. The predicted molar refractivity (Wildman–Crippen MR) is 78.2 cm³/mol. The summed E-state index contributed by atoms with van der Waals surface area (Å²) in [4.78, 5) is 25.3. The van der Waals surface area contributed by atoms with Crippen LogP contribution >= 0.6 is 15.9 Å². The van der Waals surface area contributed by atoms with Crippen molar-refractivity contribution < 1.29 is 14.7 Å². The van der Waals surface area contributed by atoms with E-state index in [1.807, 2.05) is 19.1 Å². The molecule has 108 valence electrons. The minimum absolute atomic E-state index is 0.0541. The zero-order chi connectivity index (χ0) is 14.9. The van der Waals surface area contributed by atoms with Crippen molar-refractivity contribution in [3.8, 4) is 0 Å². The van der Waals surface area contributed by atoms with Crippen molar-refractivity contribution in [1.29, 1.82) is 0 Å². The molecule has 1 atom stereocenters. The molecule has 5 nitrogen and oxygen atoms in total. The first-order chi connectivity index (χ1) is 9.33. The Balaban J connectivity index is 2.23. The van der Waals surface area contributed by atoms with Crippen molar-refractivity contribution in [1.82, 2.24) is 4.90 Å². The van der Waals surface area contributed by atoms with Gasteiger partial charge in [0.2, 0.25) is 0 Å². The van der Waals surface area contributed by atoms with Gasteiger partial charge in [-0.1, -0.05) is 6.07 Å². The topological polar surface area (TPSA) is 83.6 Å². The molecule has 0 saturated carbocycles. The van der Waals surface area contributed by atoms with Crippen molar-refractivity contribution >= 4 is 27.7 Å². The molecular weight excluding hydrogens is 324 g/mol. The van der Waals surface area contributed by atoms with Gasteiger partial charge in [-0.2, -0.15) is 0 Å². The third kappa shape index (κ3) is 2.86. The number of nitrogens with two attached hydrogens (primary N) is 1. The maximum atomic E-state index is 12.5. The van der Waals surface area contributed by atoms with Crippen LogP contribution < -0.4 is 5.73 Å². The van der Waals surface area contributed by atoms with E-state index >= 15 is 0 Å². The van der Waals surface area contributed by atoms with Crippen molar-refractivity contribution in [3.63, 3.8) is 0 Å². The van der Waals surface area contributed by atoms with Crippen molar-refractivity contribution in [2.45, 2.75) is 25.4 Å². The Labute approximate surface area is 125 Å². The molecule has 3 N–H and O–H groups in total. The molecular formula is C14H17BrN2O3. The van der Waals surface area contributed by atoms with E-state index in [0.717, 1.165) is 5.56 Å². The average molecular weight is 341 g/mol. The Morgan fingerprint density at radius 2 is 2.15 bits per heavy atom. The molecule has 2 rings (SSSR count). The second kappa shape index (κ2) is 5.54. The molecule has 1 aliphatic rings. The highest BCUT2D eigenvalue weighted by Crippen LogP contribution is 2.25. The van der Waals surface area contributed by atoms with E-state index in [9.17, 15) is 14.7 Å². The van der Waals surface area contributed by atoms with Gasteiger partial charge in [0.1, 0.15) is 0 Å². The van der Waals surface area contributed by atoms with Crippen molar-refractivity contribution in [3.05, 3.63) is 33.8 Å². The Morgan fingerprint density at radius 1 is 1.45 bits per heavy atom. The minimum Gasteiger partial charge on any atom is -0.378 e. The zero-order valence-corrected chi connectivity index (χ0v) is 12.8. The van der Waals surface area contributed by atoms with Crippen LogP contribution in [0.15, 0.2) is 22.7 Å². The first-order valence-electron chi connectivity index (χ1n) is 6.41. The highest BCUT2D eigenvalue weighted by Gasteiger charge is 2.40. The molecule has 6 heteroatoms. The molecule has 1 aromatic carbocycles. The summed E-state index contributed by atoms with van der Waals surface area (Å²) in [6.07, 6.45) is 0.843. The SMILES string of the molecule is Cc1ccc(C(=O)N2CCC[C@](O)(C(N)=O)C2)c(Br)c1. The van der Waals surface area contributed by atoms with Crippen LogP contribution in [0.4, 0.5) is 0 Å². The molecule has 0 aromatic heterocycles. The third-order valence-electron chi connectivity index (χ3n) is 3.57. The Morgan fingerprint density at radius 3 is 2.75 bits per heavy atom. The lowest BCUT2D eigenvalue weighted by molar-refractivity contribution is -0.140. The van der Waals surface area contributed by atoms with Crippen molar-refractivity contribution in [2.75, 3.05) is 13.1 Å². The molecule has 1 fully saturated rings. The number of aliphatic hydroxyl groups is 1. The first-order valence-corrected chi connectivity index (χ1v) is 7.20. The molecule has 20 heavy (non-hydrogen) atoms. The van der Waals surface area contributed by atoms with Crippen LogP contribution in [0, 0.1) is 6.92 Å². The number of amides is 2. The molecule has 0 unspecified atom stereocenters. The van der Waals surface area contributed by atoms with Gasteiger partial charge in [0.15, 0.2) is 5.60 Å². The highest BCUT2D eigenvalue weighted by atomic mass is 79.9. The number of carbonyl (C=O) groups is 2. The van der Waals surface area contributed by atoms with Gasteiger partial charge in [0.05, 0.1) is 12.1 Å². The summed E-state index contributed by atoms with van der Waals surface area (Å²) in [5, 5.41) is 10.1. The number of carbonyl (C=O) groups excluding carboxylic acids is 2. The summed E-state index contributed by atoms with van der Waals surface area (Å²) in [5.41, 5.74) is 5.16. The predicted octanol–water partition coefficient (Wildman–Crippen LogP) is 1.21. The van der Waals surface area contributed by atoms with Gasteiger partial charge in [-0.15, -0.1) is 0 Å². The molecule has 0 aliphatic carbocycles. The van der Waals surface area contributed by atoms with E-state index in [1.54, 1.807) is 6.07 Å². The fourth-order valence-electron chi connectivity index (χ4n) is 2.37. The van der Waals surface area contributed by atoms with Crippen LogP contribution in [0.1, 0.15) is 28.8 Å². The molecule has 0 bridgehead atoms. The molecule has 0 radical (unpaired) electrons. The summed E-state index contributed by atoms with van der Waals surface area (Å²) >= 11 is 3.37. The van der Waals surface area contributed by atoms with Gasteiger partial charge in [0, 0.05) is 11.0 Å². The van der Waals surface area contributed by atoms with Gasteiger partial charge >= 0.3 is 0 Å². The van der Waals surface area contributed by atoms with Gasteiger partial charge < -0.3 is 15.7 Å². The second-order valence-corrected chi connectivity index (χ2v) is 6.06. The number of piperidine rings is 1. The molecule has 1 saturated heterocycles. The van der Waals surface area contributed by atoms with E-state index in [4.69, 9.17) is 5.73 Å². The standard InChI is InChI=1S/C14H17BrN2O3/c1-9-3-4-10(11(15)7-9)12(18)17-6-2-5-14(20,8-17)13(16)19/h3-4,7,20H,2,5-6,8H2,1H3,(H2,16,19)/t14-/m1/s1. The second-order valence-electron chi connectivity index (χ2n) is 5.21. The Hall–Kier alpha value is -1.40. The maximum absolute atomic E-state index is 12.5. The number of hydrogen-bond donors (Lipinski definition) is 2. The largest absolute Gasteiger partial charge is 0.378 e. The number of halogens is 1. The van der Waals surface area contributed by atoms with Crippen LogP contribution in [0.2, 0.25) is 0 Å². The molecule has 2 amide bonds. The number of primary amides is 1. The van der Waals surface area contributed by atoms with Crippen LogP contribution in [0.3, 0.4) is 0 Å². The fraction of sp³-hybridized carbons (Fsp3) is 0.429. The molecule has 1 heterocycles. The Bertz CT molecular complexity index is 561. The monoisotopic (exact) mass is 340 g/mol. The fourth-order valence-corrected chi connectivity index (χ4v) is 3.04. The summed E-state index contributed by atoms with van der Waals surface area (Å²) < 4.78 is 0.704. The van der Waals surface area contributed by atoms with Crippen LogP contribution in [0.5, 0.6) is 0 Å². The van der Waals surface area contributed by atoms with Gasteiger partial charge in [-0.05, 0) is 53.4 Å². The number of β-amino-alcohol motifs (C(OH)–C–C–N with tert-alkyl or cyclic N) is 1. The number of nitrogens with zero attached hydrogens (tertiary/aromatic N) is 1. The number of hydrogen-bond acceptors (Lipinski definition) is 3. The van der Waals surface area contributed by atoms with E-state index in [1.165, 1.54) is 4.90 Å². The van der Waals surface area contributed by atoms with Crippen LogP contribution in [0.25, 0.3) is 0 Å². The number of rotatable bonds is 2. The molecule has 1 aliphatic heterocycles. The third-order valence-corrected chi connectivity index (χ3v) is 4.23. The zero-order valence-electron chi connectivity index (χ0n) is 11.2. The van der Waals surface area contributed by atoms with Crippen LogP contribution in [-0.2, 0) is 4.79 Å². The quantitative estimate of drug-likeness (QED) is 0.848. The lowest BCUT2D eigenvalue weighted by atomic mass is 9.92. The van der Waals surface area contributed by atoms with Crippen molar-refractivity contribution in [2.24, 2.45) is 5.73 Å². The molecule has 1 aromatic rings. The smallest absolute Gasteiger partial charge is 0.255 e. The number of aryl methyl sites for hydroxylation is 1. The van der Waals surface area contributed by atoms with Gasteiger partial charge in [-0.25, -0.2) is 0 Å². The Kier molecular flexibility index (Phi) is 4.15. The lowest BCUT2D eigenvalue weighted by Gasteiger charge is -2.37. The summed E-state index contributed by atoms with van der Waals surface area (Å²) in [5.74, 6) is -0.991. The van der Waals surface area contributed by atoms with E-state index in [-0.39, 0.29) is 12.5 Å². The van der Waals surface area contributed by atoms with E-state index in [0.29, 0.717) is 29.4 Å². The maximum Gasteiger partial charge on any atom is 0.255 e. The van der Waals surface area contributed by atoms with E-state index < -0.39 is 11.5 Å².